The molecule has 124 valence electrons. The number of carbonyl (C=O) groups excluding carboxylic acids is 1. The molecule has 0 saturated carbocycles. The number of amides is 1. The number of carbonyl (C=O) groups is 1. The van der Waals surface area contributed by atoms with Crippen LogP contribution in [-0.4, -0.2) is 57.7 Å². The lowest BCUT2D eigenvalue weighted by Crippen LogP contribution is -2.23. The van der Waals surface area contributed by atoms with Gasteiger partial charge in [-0.05, 0) is 43.0 Å². The number of hydrogen-bond donors (Lipinski definition) is 1. The van der Waals surface area contributed by atoms with Gasteiger partial charge in [0.15, 0.2) is 0 Å². The number of rotatable bonds is 5. The molecule has 1 aliphatic heterocycles. The molecular formula is C17H25N5O. The molecule has 0 spiro atoms. The first-order valence-electron chi connectivity index (χ1n) is 8.10. The number of nitrogens with zero attached hydrogens (tertiary/aromatic N) is 4. The molecule has 1 atom stereocenters. The summed E-state index contributed by atoms with van der Waals surface area (Å²) in [6, 6.07) is 3.89. The van der Waals surface area contributed by atoms with Crippen molar-refractivity contribution in [3.05, 3.63) is 41.5 Å². The summed E-state index contributed by atoms with van der Waals surface area (Å²) in [5, 5.41) is 4.24. The molecule has 1 fully saturated rings. The summed E-state index contributed by atoms with van der Waals surface area (Å²) in [7, 11) is 5.50. The average Bonchev–Trinajstić information content (AvgIpc) is 3.22. The Bertz CT molecular complexity index is 672. The molecule has 0 aliphatic carbocycles. The normalized spacial score (nSPS) is 18.5. The molecule has 1 N–H and O–H groups in total. The largest absolute Gasteiger partial charge is 0.353 e. The first kappa shape index (κ1) is 15.8. The SMILES string of the molecule is CN(C)C(=O)c1ccc(CN2CCC(Cc3cnn(C)c3)C2)[nH]1. The molecule has 0 aromatic carbocycles. The number of nitrogens with one attached hydrogen (secondary N) is 1. The Morgan fingerprint density at radius 2 is 2.26 bits per heavy atom. The van der Waals surface area contributed by atoms with E-state index >= 15 is 0 Å². The van der Waals surface area contributed by atoms with Gasteiger partial charge in [0.05, 0.1) is 6.20 Å². The van der Waals surface area contributed by atoms with Crippen LogP contribution in [0.25, 0.3) is 0 Å². The smallest absolute Gasteiger partial charge is 0.269 e. The van der Waals surface area contributed by atoms with Gasteiger partial charge < -0.3 is 9.88 Å². The minimum atomic E-state index is 0.0205. The number of hydrogen-bond acceptors (Lipinski definition) is 3. The maximum atomic E-state index is 11.9. The minimum Gasteiger partial charge on any atom is -0.353 e. The zero-order valence-corrected chi connectivity index (χ0v) is 14.1. The predicted molar refractivity (Wildman–Crippen MR) is 89.1 cm³/mol. The Hall–Kier alpha value is -2.08. The van der Waals surface area contributed by atoms with E-state index in [1.807, 2.05) is 30.1 Å². The van der Waals surface area contributed by atoms with E-state index in [4.69, 9.17) is 0 Å². The second-order valence-electron chi connectivity index (χ2n) is 6.71. The van der Waals surface area contributed by atoms with E-state index in [0.29, 0.717) is 11.6 Å². The molecule has 3 heterocycles. The van der Waals surface area contributed by atoms with Crippen LogP contribution >= 0.6 is 0 Å². The van der Waals surface area contributed by atoms with Gasteiger partial charge in [0.25, 0.3) is 5.91 Å². The van der Waals surface area contributed by atoms with E-state index in [1.54, 1.807) is 19.0 Å². The Morgan fingerprint density at radius 3 is 2.96 bits per heavy atom. The summed E-state index contributed by atoms with van der Waals surface area (Å²) in [5.74, 6) is 0.712. The van der Waals surface area contributed by atoms with Crippen LogP contribution in [-0.2, 0) is 20.0 Å². The second-order valence-corrected chi connectivity index (χ2v) is 6.71. The zero-order valence-electron chi connectivity index (χ0n) is 14.1. The lowest BCUT2D eigenvalue weighted by atomic mass is 10.0. The fourth-order valence-corrected chi connectivity index (χ4v) is 3.27. The maximum absolute atomic E-state index is 11.9. The predicted octanol–water partition coefficient (Wildman–Crippen LogP) is 1.51. The van der Waals surface area contributed by atoms with Gasteiger partial charge in [0.1, 0.15) is 5.69 Å². The van der Waals surface area contributed by atoms with E-state index in [0.717, 1.165) is 31.7 Å². The topological polar surface area (TPSA) is 57.2 Å². The van der Waals surface area contributed by atoms with Gasteiger partial charge in [-0.2, -0.15) is 5.10 Å². The monoisotopic (exact) mass is 315 g/mol. The number of aromatic amines is 1. The van der Waals surface area contributed by atoms with Crippen molar-refractivity contribution in [2.45, 2.75) is 19.4 Å². The molecule has 23 heavy (non-hydrogen) atoms. The van der Waals surface area contributed by atoms with Crippen molar-refractivity contribution in [3.63, 3.8) is 0 Å². The van der Waals surface area contributed by atoms with Crippen molar-refractivity contribution >= 4 is 5.91 Å². The Kier molecular flexibility index (Phi) is 4.52. The van der Waals surface area contributed by atoms with E-state index in [1.165, 1.54) is 12.0 Å². The maximum Gasteiger partial charge on any atom is 0.269 e. The van der Waals surface area contributed by atoms with Gasteiger partial charge in [-0.15, -0.1) is 0 Å². The lowest BCUT2D eigenvalue weighted by Gasteiger charge is -2.15. The van der Waals surface area contributed by atoms with E-state index in [-0.39, 0.29) is 5.91 Å². The summed E-state index contributed by atoms with van der Waals surface area (Å²) in [6.45, 7) is 3.09. The van der Waals surface area contributed by atoms with Crippen LogP contribution < -0.4 is 0 Å². The molecule has 0 bridgehead atoms. The fraction of sp³-hybridized carbons (Fsp3) is 0.529. The van der Waals surface area contributed by atoms with Crippen molar-refractivity contribution in [2.24, 2.45) is 13.0 Å². The third-order valence-corrected chi connectivity index (χ3v) is 4.43. The summed E-state index contributed by atoms with van der Waals surface area (Å²) in [6.07, 6.45) is 6.39. The van der Waals surface area contributed by atoms with Gasteiger partial charge in [0.2, 0.25) is 0 Å². The number of H-pyrrole nitrogens is 1. The van der Waals surface area contributed by atoms with Crippen molar-refractivity contribution in [2.75, 3.05) is 27.2 Å². The van der Waals surface area contributed by atoms with Crippen LogP contribution in [0, 0.1) is 5.92 Å². The van der Waals surface area contributed by atoms with Gasteiger partial charge >= 0.3 is 0 Å². The number of likely N-dealkylation sites (tertiary alicyclic amines) is 1. The Morgan fingerprint density at radius 1 is 1.43 bits per heavy atom. The molecule has 1 unspecified atom stereocenters. The van der Waals surface area contributed by atoms with Crippen molar-refractivity contribution in [1.29, 1.82) is 0 Å². The fourth-order valence-electron chi connectivity index (χ4n) is 3.27. The Balaban J connectivity index is 1.53. The van der Waals surface area contributed by atoms with Crippen LogP contribution in [0.1, 0.15) is 28.2 Å². The minimum absolute atomic E-state index is 0.0205. The molecule has 1 amide bonds. The van der Waals surface area contributed by atoms with Crippen molar-refractivity contribution in [3.8, 4) is 0 Å². The van der Waals surface area contributed by atoms with Crippen LogP contribution in [0.2, 0.25) is 0 Å². The standard InChI is InChI=1S/C17H25N5O/c1-20(2)17(23)16-5-4-15(19-16)12-22-7-6-13(11-22)8-14-9-18-21(3)10-14/h4-5,9-10,13,19H,6-8,11-12H2,1-3H3. The lowest BCUT2D eigenvalue weighted by molar-refractivity contribution is 0.0822. The number of aromatic nitrogens is 3. The molecule has 2 aromatic rings. The van der Waals surface area contributed by atoms with E-state index in [9.17, 15) is 4.79 Å². The highest BCUT2D eigenvalue weighted by molar-refractivity contribution is 5.92. The van der Waals surface area contributed by atoms with Crippen LogP contribution in [0.4, 0.5) is 0 Å². The molecule has 6 heteroatoms. The van der Waals surface area contributed by atoms with Crippen molar-refractivity contribution < 1.29 is 4.79 Å². The number of aryl methyl sites for hydroxylation is 1. The quantitative estimate of drug-likeness (QED) is 0.910. The third kappa shape index (κ3) is 3.82. The Labute approximate surface area is 137 Å². The zero-order chi connectivity index (χ0) is 16.4. The van der Waals surface area contributed by atoms with Crippen LogP contribution in [0.15, 0.2) is 24.5 Å². The molecule has 2 aromatic heterocycles. The highest BCUT2D eigenvalue weighted by atomic mass is 16.2. The first-order valence-corrected chi connectivity index (χ1v) is 8.10. The summed E-state index contributed by atoms with van der Waals surface area (Å²) < 4.78 is 1.87. The second kappa shape index (κ2) is 6.58. The van der Waals surface area contributed by atoms with Gasteiger partial charge in [0, 0.05) is 46.1 Å². The third-order valence-electron chi connectivity index (χ3n) is 4.43. The molecule has 1 aliphatic rings. The summed E-state index contributed by atoms with van der Waals surface area (Å²) in [5.41, 5.74) is 3.09. The van der Waals surface area contributed by atoms with Crippen LogP contribution in [0.5, 0.6) is 0 Å². The molecular weight excluding hydrogens is 290 g/mol. The molecule has 3 rings (SSSR count). The first-order chi connectivity index (χ1) is 11.0. The highest BCUT2D eigenvalue weighted by Gasteiger charge is 2.23. The van der Waals surface area contributed by atoms with Gasteiger partial charge in [-0.25, -0.2) is 0 Å². The van der Waals surface area contributed by atoms with E-state index in [2.05, 4.69) is 21.2 Å². The van der Waals surface area contributed by atoms with E-state index < -0.39 is 0 Å². The van der Waals surface area contributed by atoms with Crippen molar-refractivity contribution in [1.82, 2.24) is 24.6 Å². The van der Waals surface area contributed by atoms with Gasteiger partial charge in [-0.3, -0.25) is 14.4 Å². The summed E-state index contributed by atoms with van der Waals surface area (Å²) >= 11 is 0. The van der Waals surface area contributed by atoms with Gasteiger partial charge in [-0.1, -0.05) is 0 Å². The molecule has 6 nitrogen and oxygen atoms in total. The molecule has 0 radical (unpaired) electrons. The molecule has 1 saturated heterocycles. The average molecular weight is 315 g/mol. The highest BCUT2D eigenvalue weighted by Crippen LogP contribution is 2.22. The van der Waals surface area contributed by atoms with Crippen LogP contribution in [0.3, 0.4) is 0 Å². The summed E-state index contributed by atoms with van der Waals surface area (Å²) in [4.78, 5) is 19.2.